The Morgan fingerprint density at radius 3 is 2.24 bits per heavy atom. The molecule has 0 spiro atoms. The first kappa shape index (κ1) is 13.6. The van der Waals surface area contributed by atoms with Crippen LogP contribution in [-0.2, 0) is 0 Å². The molecule has 0 aliphatic heterocycles. The van der Waals surface area contributed by atoms with Gasteiger partial charge in [0.1, 0.15) is 0 Å². The van der Waals surface area contributed by atoms with Crippen LogP contribution in [0.25, 0.3) is 0 Å². The Labute approximate surface area is 107 Å². The van der Waals surface area contributed by atoms with E-state index in [1.807, 2.05) is 32.0 Å². The van der Waals surface area contributed by atoms with Crippen LogP contribution in [0.15, 0.2) is 30.3 Å². The van der Waals surface area contributed by atoms with E-state index in [2.05, 4.69) is 5.32 Å². The van der Waals surface area contributed by atoms with Crippen molar-refractivity contribution in [1.82, 2.24) is 5.32 Å². The minimum absolute atomic E-state index is 0.137. The van der Waals surface area contributed by atoms with E-state index in [1.165, 1.54) is 0 Å². The van der Waals surface area contributed by atoms with Crippen molar-refractivity contribution in [2.45, 2.75) is 32.2 Å². The lowest BCUT2D eigenvalue weighted by Crippen LogP contribution is -2.55. The predicted octanol–water partition coefficient (Wildman–Crippen LogP) is 2.26. The number of nitrogens with two attached hydrogens (primary N) is 1. The van der Waals surface area contributed by atoms with Gasteiger partial charge in [-0.15, -0.1) is 0 Å². The van der Waals surface area contributed by atoms with Crippen molar-refractivity contribution < 1.29 is 4.79 Å². The van der Waals surface area contributed by atoms with Crippen molar-refractivity contribution in [3.63, 3.8) is 0 Å². The highest BCUT2D eigenvalue weighted by atomic mass is 32.1. The number of hydrogen-bond acceptors (Lipinski definition) is 2. The molecule has 0 bridgehead atoms. The average Bonchev–Trinajstić information content (AvgIpc) is 2.36. The SMILES string of the molecule is CCC(CC)(NC(=O)c1ccccc1)C(N)=S. The number of amides is 1. The zero-order chi connectivity index (χ0) is 12.9. The van der Waals surface area contributed by atoms with Crippen molar-refractivity contribution in [3.8, 4) is 0 Å². The number of benzene rings is 1. The van der Waals surface area contributed by atoms with Crippen LogP contribution >= 0.6 is 12.2 Å². The fraction of sp³-hybridized carbons (Fsp3) is 0.385. The molecule has 0 radical (unpaired) electrons. The average molecular weight is 250 g/mol. The zero-order valence-electron chi connectivity index (χ0n) is 10.2. The Kier molecular flexibility index (Phi) is 4.63. The summed E-state index contributed by atoms with van der Waals surface area (Å²) in [6.07, 6.45) is 1.38. The van der Waals surface area contributed by atoms with Gasteiger partial charge in [0.25, 0.3) is 5.91 Å². The van der Waals surface area contributed by atoms with Crippen LogP contribution in [0.3, 0.4) is 0 Å². The molecule has 17 heavy (non-hydrogen) atoms. The van der Waals surface area contributed by atoms with Crippen molar-refractivity contribution in [2.24, 2.45) is 5.73 Å². The molecule has 3 N–H and O–H groups in total. The lowest BCUT2D eigenvalue weighted by atomic mass is 9.92. The van der Waals surface area contributed by atoms with Crippen molar-refractivity contribution >= 4 is 23.1 Å². The van der Waals surface area contributed by atoms with E-state index in [4.69, 9.17) is 18.0 Å². The molecule has 1 aromatic rings. The van der Waals surface area contributed by atoms with Crippen LogP contribution in [0.1, 0.15) is 37.0 Å². The Morgan fingerprint density at radius 2 is 1.82 bits per heavy atom. The Bertz CT molecular complexity index is 399. The standard InChI is InChI=1S/C13H18N2OS/c1-3-13(4-2,12(14)17)15-11(16)10-8-6-5-7-9-10/h5-9H,3-4H2,1-2H3,(H2,14,17)(H,15,16). The van der Waals surface area contributed by atoms with E-state index < -0.39 is 5.54 Å². The van der Waals surface area contributed by atoms with Crippen LogP contribution in [-0.4, -0.2) is 16.4 Å². The number of carbonyl (C=O) groups excluding carboxylic acids is 1. The van der Waals surface area contributed by atoms with E-state index in [0.717, 1.165) is 0 Å². The van der Waals surface area contributed by atoms with Crippen LogP contribution in [0.5, 0.6) is 0 Å². The van der Waals surface area contributed by atoms with Gasteiger partial charge in [-0.2, -0.15) is 0 Å². The lowest BCUT2D eigenvalue weighted by molar-refractivity contribution is 0.0920. The molecule has 0 heterocycles. The third-order valence-electron chi connectivity index (χ3n) is 3.07. The molecule has 0 aliphatic carbocycles. The molecule has 1 amide bonds. The van der Waals surface area contributed by atoms with E-state index >= 15 is 0 Å². The van der Waals surface area contributed by atoms with Crippen LogP contribution in [0.2, 0.25) is 0 Å². The van der Waals surface area contributed by atoms with Gasteiger partial charge in [0.05, 0.1) is 10.5 Å². The molecule has 0 saturated heterocycles. The van der Waals surface area contributed by atoms with Gasteiger partial charge in [0, 0.05) is 5.56 Å². The molecule has 0 atom stereocenters. The second kappa shape index (κ2) is 5.77. The highest BCUT2D eigenvalue weighted by Crippen LogP contribution is 2.16. The summed E-state index contributed by atoms with van der Waals surface area (Å²) in [4.78, 5) is 12.4. The zero-order valence-corrected chi connectivity index (χ0v) is 11.0. The number of carbonyl (C=O) groups is 1. The maximum atomic E-state index is 12.1. The monoisotopic (exact) mass is 250 g/mol. The quantitative estimate of drug-likeness (QED) is 0.788. The summed E-state index contributed by atoms with van der Waals surface area (Å²) in [7, 11) is 0. The van der Waals surface area contributed by atoms with Crippen molar-refractivity contribution in [1.29, 1.82) is 0 Å². The minimum Gasteiger partial charge on any atom is -0.391 e. The van der Waals surface area contributed by atoms with E-state index in [9.17, 15) is 4.79 Å². The lowest BCUT2D eigenvalue weighted by Gasteiger charge is -2.31. The van der Waals surface area contributed by atoms with Gasteiger partial charge in [-0.25, -0.2) is 0 Å². The molecule has 0 saturated carbocycles. The molecule has 0 aromatic heterocycles. The molecule has 4 heteroatoms. The molecule has 0 fully saturated rings. The summed E-state index contributed by atoms with van der Waals surface area (Å²) in [5, 5.41) is 2.94. The number of rotatable bonds is 5. The molecule has 0 aliphatic rings. The Morgan fingerprint density at radius 1 is 1.29 bits per heavy atom. The highest BCUT2D eigenvalue weighted by molar-refractivity contribution is 7.80. The summed E-state index contributed by atoms with van der Waals surface area (Å²) in [6, 6.07) is 9.07. The molecule has 1 aromatic carbocycles. The fourth-order valence-electron chi connectivity index (χ4n) is 1.72. The first-order valence-electron chi connectivity index (χ1n) is 5.73. The van der Waals surface area contributed by atoms with Gasteiger partial charge < -0.3 is 11.1 Å². The number of nitrogens with one attached hydrogen (secondary N) is 1. The van der Waals surface area contributed by atoms with Gasteiger partial charge in [-0.3, -0.25) is 4.79 Å². The minimum atomic E-state index is -0.581. The largest absolute Gasteiger partial charge is 0.391 e. The predicted molar refractivity (Wildman–Crippen MR) is 74.0 cm³/mol. The molecule has 3 nitrogen and oxygen atoms in total. The Balaban J connectivity index is 2.89. The summed E-state index contributed by atoms with van der Waals surface area (Å²) < 4.78 is 0. The van der Waals surface area contributed by atoms with Crippen LogP contribution in [0.4, 0.5) is 0 Å². The molecular formula is C13H18N2OS. The number of thiocarbonyl (C=S) groups is 1. The van der Waals surface area contributed by atoms with E-state index in [1.54, 1.807) is 12.1 Å². The van der Waals surface area contributed by atoms with Gasteiger partial charge in [0.2, 0.25) is 0 Å². The third kappa shape index (κ3) is 3.03. The first-order chi connectivity index (χ1) is 8.05. The second-order valence-electron chi connectivity index (χ2n) is 3.97. The normalized spacial score (nSPS) is 10.9. The van der Waals surface area contributed by atoms with Crippen molar-refractivity contribution in [3.05, 3.63) is 35.9 Å². The van der Waals surface area contributed by atoms with Crippen LogP contribution in [0, 0.1) is 0 Å². The van der Waals surface area contributed by atoms with E-state index in [-0.39, 0.29) is 5.91 Å². The second-order valence-corrected chi connectivity index (χ2v) is 4.41. The van der Waals surface area contributed by atoms with Gasteiger partial charge >= 0.3 is 0 Å². The molecule has 92 valence electrons. The van der Waals surface area contributed by atoms with Crippen molar-refractivity contribution in [2.75, 3.05) is 0 Å². The summed E-state index contributed by atoms with van der Waals surface area (Å²) in [6.45, 7) is 3.93. The Hall–Kier alpha value is -1.42. The topological polar surface area (TPSA) is 55.1 Å². The molecular weight excluding hydrogens is 232 g/mol. The fourth-order valence-corrected chi connectivity index (χ4v) is 2.06. The summed E-state index contributed by atoms with van der Waals surface area (Å²) >= 11 is 5.06. The molecule has 0 unspecified atom stereocenters. The van der Waals surface area contributed by atoms with Gasteiger partial charge in [-0.05, 0) is 25.0 Å². The highest BCUT2D eigenvalue weighted by Gasteiger charge is 2.31. The maximum absolute atomic E-state index is 12.1. The maximum Gasteiger partial charge on any atom is 0.252 e. The van der Waals surface area contributed by atoms with Gasteiger partial charge in [-0.1, -0.05) is 44.3 Å². The van der Waals surface area contributed by atoms with Crippen LogP contribution < -0.4 is 11.1 Å². The first-order valence-corrected chi connectivity index (χ1v) is 6.14. The molecule has 1 rings (SSSR count). The third-order valence-corrected chi connectivity index (χ3v) is 3.46. The summed E-state index contributed by atoms with van der Waals surface area (Å²) in [5.41, 5.74) is 5.78. The van der Waals surface area contributed by atoms with E-state index in [0.29, 0.717) is 23.4 Å². The summed E-state index contributed by atoms with van der Waals surface area (Å²) in [5.74, 6) is -0.137. The smallest absolute Gasteiger partial charge is 0.252 e. The van der Waals surface area contributed by atoms with Gasteiger partial charge in [0.15, 0.2) is 0 Å². The number of hydrogen-bond donors (Lipinski definition) is 2.